The lowest BCUT2D eigenvalue weighted by atomic mass is 9.96. The number of hydrogen-bond acceptors (Lipinski definition) is 3. The summed E-state index contributed by atoms with van der Waals surface area (Å²) < 4.78 is 18.3. The van der Waals surface area contributed by atoms with Crippen molar-refractivity contribution < 1.29 is 18.7 Å². The third kappa shape index (κ3) is 5.41. The molecule has 0 aromatic heterocycles. The van der Waals surface area contributed by atoms with Crippen molar-refractivity contribution in [3.8, 4) is 0 Å². The highest BCUT2D eigenvalue weighted by molar-refractivity contribution is 5.92. The van der Waals surface area contributed by atoms with Crippen LogP contribution in [0.1, 0.15) is 42.1 Å². The van der Waals surface area contributed by atoms with Gasteiger partial charge < -0.3 is 10.1 Å². The number of nitrogens with one attached hydrogen (secondary N) is 1. The van der Waals surface area contributed by atoms with E-state index in [0.717, 1.165) is 18.1 Å². The summed E-state index contributed by atoms with van der Waals surface area (Å²) in [5, 5.41) is 2.81. The van der Waals surface area contributed by atoms with Gasteiger partial charge in [-0.2, -0.15) is 0 Å². The maximum atomic E-state index is 13.1. The van der Waals surface area contributed by atoms with E-state index in [1.165, 1.54) is 25.1 Å². The maximum Gasteiger partial charge on any atom is 0.339 e. The first kappa shape index (κ1) is 18.6. The Morgan fingerprint density at radius 3 is 2.48 bits per heavy atom. The Morgan fingerprint density at radius 1 is 1.12 bits per heavy atom. The number of hydrogen-bond donors (Lipinski definition) is 1. The summed E-state index contributed by atoms with van der Waals surface area (Å²) in [5.41, 5.74) is 1.23. The highest BCUT2D eigenvalue weighted by atomic mass is 19.1. The summed E-state index contributed by atoms with van der Waals surface area (Å²) in [6.07, 6.45) is -0.0778. The standard InChI is InChI=1S/C20H22FNO3/c1-3-15(16-8-5-4-6-9-16)13-22-19(23)14(2)25-20(24)17-10-7-11-18(21)12-17/h4-12,14-15H,3,13H2,1-2H3,(H,22,23)/t14-,15-/m0/s1. The second-order valence-corrected chi connectivity index (χ2v) is 5.82. The molecule has 4 nitrogen and oxygen atoms in total. The number of ether oxygens (including phenoxy) is 1. The summed E-state index contributed by atoms with van der Waals surface area (Å²) in [6.45, 7) is 4.01. The monoisotopic (exact) mass is 343 g/mol. The van der Waals surface area contributed by atoms with Crippen molar-refractivity contribution in [2.75, 3.05) is 6.54 Å². The van der Waals surface area contributed by atoms with Crippen LogP contribution in [0.15, 0.2) is 54.6 Å². The Hall–Kier alpha value is -2.69. The van der Waals surface area contributed by atoms with Gasteiger partial charge in [0.1, 0.15) is 5.82 Å². The van der Waals surface area contributed by atoms with E-state index in [-0.39, 0.29) is 17.4 Å². The molecule has 0 spiro atoms. The Morgan fingerprint density at radius 2 is 1.84 bits per heavy atom. The summed E-state index contributed by atoms with van der Waals surface area (Å²) in [7, 11) is 0. The molecule has 0 aliphatic rings. The highest BCUT2D eigenvalue weighted by Crippen LogP contribution is 2.18. The number of esters is 1. The molecule has 132 valence electrons. The molecule has 25 heavy (non-hydrogen) atoms. The average molecular weight is 343 g/mol. The van der Waals surface area contributed by atoms with E-state index in [2.05, 4.69) is 12.2 Å². The third-order valence-electron chi connectivity index (χ3n) is 4.00. The van der Waals surface area contributed by atoms with Gasteiger partial charge in [-0.05, 0) is 37.1 Å². The van der Waals surface area contributed by atoms with Crippen molar-refractivity contribution >= 4 is 11.9 Å². The van der Waals surface area contributed by atoms with Gasteiger partial charge in [-0.3, -0.25) is 4.79 Å². The Labute approximate surface area is 147 Å². The smallest absolute Gasteiger partial charge is 0.339 e. The van der Waals surface area contributed by atoms with Gasteiger partial charge in [0.05, 0.1) is 5.56 Å². The lowest BCUT2D eigenvalue weighted by molar-refractivity contribution is -0.129. The molecule has 2 aromatic rings. The molecule has 0 fully saturated rings. The number of carbonyl (C=O) groups is 2. The molecule has 0 heterocycles. The van der Waals surface area contributed by atoms with Crippen LogP contribution in [0, 0.1) is 5.82 Å². The second-order valence-electron chi connectivity index (χ2n) is 5.82. The summed E-state index contributed by atoms with van der Waals surface area (Å²) in [5.74, 6) is -1.44. The Bertz CT molecular complexity index is 718. The molecule has 5 heteroatoms. The van der Waals surface area contributed by atoms with Gasteiger partial charge in [-0.1, -0.05) is 43.3 Å². The van der Waals surface area contributed by atoms with Gasteiger partial charge in [-0.15, -0.1) is 0 Å². The zero-order chi connectivity index (χ0) is 18.2. The molecule has 0 aliphatic heterocycles. The fourth-order valence-electron chi connectivity index (χ4n) is 2.49. The maximum absolute atomic E-state index is 13.1. The fraction of sp³-hybridized carbons (Fsp3) is 0.300. The minimum Gasteiger partial charge on any atom is -0.449 e. The third-order valence-corrected chi connectivity index (χ3v) is 4.00. The zero-order valence-electron chi connectivity index (χ0n) is 14.4. The molecular weight excluding hydrogens is 321 g/mol. The van der Waals surface area contributed by atoms with Crippen molar-refractivity contribution in [3.05, 3.63) is 71.5 Å². The van der Waals surface area contributed by atoms with Crippen LogP contribution in [-0.4, -0.2) is 24.5 Å². The van der Waals surface area contributed by atoms with Crippen molar-refractivity contribution in [1.29, 1.82) is 0 Å². The van der Waals surface area contributed by atoms with Crippen LogP contribution >= 0.6 is 0 Å². The molecule has 0 aliphatic carbocycles. The van der Waals surface area contributed by atoms with E-state index in [0.29, 0.717) is 6.54 Å². The molecule has 2 rings (SSSR count). The molecule has 1 amide bonds. The van der Waals surface area contributed by atoms with Gasteiger partial charge in [0.2, 0.25) is 0 Å². The van der Waals surface area contributed by atoms with Crippen LogP contribution in [0.5, 0.6) is 0 Å². The van der Waals surface area contributed by atoms with Crippen LogP contribution < -0.4 is 5.32 Å². The first-order chi connectivity index (χ1) is 12.0. The van der Waals surface area contributed by atoms with Crippen LogP contribution in [0.25, 0.3) is 0 Å². The van der Waals surface area contributed by atoms with Gasteiger partial charge in [0, 0.05) is 12.5 Å². The lowest BCUT2D eigenvalue weighted by Crippen LogP contribution is -2.38. The van der Waals surface area contributed by atoms with Gasteiger partial charge in [0.25, 0.3) is 5.91 Å². The predicted molar refractivity (Wildman–Crippen MR) is 93.8 cm³/mol. The molecule has 0 saturated carbocycles. The van der Waals surface area contributed by atoms with Gasteiger partial charge >= 0.3 is 5.97 Å². The SMILES string of the molecule is CC[C@@H](CNC(=O)[C@H](C)OC(=O)c1cccc(F)c1)c1ccccc1. The second kappa shape index (κ2) is 8.97. The molecule has 0 radical (unpaired) electrons. The van der Waals surface area contributed by atoms with Crippen molar-refractivity contribution in [1.82, 2.24) is 5.32 Å². The minimum absolute atomic E-state index is 0.0790. The topological polar surface area (TPSA) is 55.4 Å². The van der Waals surface area contributed by atoms with E-state index in [9.17, 15) is 14.0 Å². The predicted octanol–water partition coefficient (Wildman–Crippen LogP) is 3.68. The summed E-state index contributed by atoms with van der Waals surface area (Å²) >= 11 is 0. The van der Waals surface area contributed by atoms with Crippen LogP contribution in [0.2, 0.25) is 0 Å². The fourth-order valence-corrected chi connectivity index (χ4v) is 2.49. The zero-order valence-corrected chi connectivity index (χ0v) is 14.4. The molecule has 0 unspecified atom stereocenters. The molecule has 0 bridgehead atoms. The van der Waals surface area contributed by atoms with Crippen molar-refractivity contribution in [2.45, 2.75) is 32.3 Å². The van der Waals surface area contributed by atoms with E-state index >= 15 is 0 Å². The highest BCUT2D eigenvalue weighted by Gasteiger charge is 2.20. The molecule has 0 saturated heterocycles. The lowest BCUT2D eigenvalue weighted by Gasteiger charge is -2.18. The minimum atomic E-state index is -0.955. The van der Waals surface area contributed by atoms with E-state index in [4.69, 9.17) is 4.74 Å². The number of amides is 1. The molecular formula is C20H22FNO3. The summed E-state index contributed by atoms with van der Waals surface area (Å²) in [6, 6.07) is 15.1. The molecule has 1 N–H and O–H groups in total. The number of rotatable bonds is 7. The van der Waals surface area contributed by atoms with Crippen LogP contribution in [-0.2, 0) is 9.53 Å². The first-order valence-corrected chi connectivity index (χ1v) is 8.30. The largest absolute Gasteiger partial charge is 0.449 e. The number of benzene rings is 2. The van der Waals surface area contributed by atoms with Crippen molar-refractivity contribution in [3.63, 3.8) is 0 Å². The Kier molecular flexibility index (Phi) is 6.69. The quantitative estimate of drug-likeness (QED) is 0.780. The normalized spacial score (nSPS) is 12.9. The number of carbonyl (C=O) groups excluding carboxylic acids is 2. The van der Waals surface area contributed by atoms with Gasteiger partial charge in [0.15, 0.2) is 6.10 Å². The molecule has 2 atom stereocenters. The summed E-state index contributed by atoms with van der Waals surface area (Å²) in [4.78, 5) is 24.1. The Balaban J connectivity index is 1.88. The van der Waals surface area contributed by atoms with E-state index in [1.807, 2.05) is 30.3 Å². The van der Waals surface area contributed by atoms with E-state index in [1.54, 1.807) is 0 Å². The van der Waals surface area contributed by atoms with Crippen LogP contribution in [0.3, 0.4) is 0 Å². The first-order valence-electron chi connectivity index (χ1n) is 8.30. The van der Waals surface area contributed by atoms with Crippen molar-refractivity contribution in [2.24, 2.45) is 0 Å². The van der Waals surface area contributed by atoms with Gasteiger partial charge in [-0.25, -0.2) is 9.18 Å². The molecule has 2 aromatic carbocycles. The average Bonchev–Trinajstić information content (AvgIpc) is 2.62. The number of halogens is 1. The van der Waals surface area contributed by atoms with E-state index < -0.39 is 17.9 Å². The van der Waals surface area contributed by atoms with Crippen LogP contribution in [0.4, 0.5) is 4.39 Å².